The number of likely N-dealkylation sites (tertiary alicyclic amines) is 3. The van der Waals surface area contributed by atoms with Crippen molar-refractivity contribution in [1.29, 1.82) is 0 Å². The molecule has 7 heteroatoms. The Balaban J connectivity index is 0.00000289. The summed E-state index contributed by atoms with van der Waals surface area (Å²) in [6, 6.07) is 11.6. The second-order valence-corrected chi connectivity index (χ2v) is 9.23. The van der Waals surface area contributed by atoms with Crippen molar-refractivity contribution in [3.8, 4) is 0 Å². The molecular weight excluding hydrogens is 513 g/mol. The quantitative estimate of drug-likeness (QED) is 0.243. The van der Waals surface area contributed by atoms with E-state index in [0.29, 0.717) is 11.9 Å². The third-order valence-corrected chi connectivity index (χ3v) is 7.07. The SMILES string of the molecule is CCNC(=NCCCN1CCCC1=O)N1CCC2C(CCCN2Cc2ccccc2)C1.I. The van der Waals surface area contributed by atoms with Gasteiger partial charge in [0.2, 0.25) is 5.91 Å². The molecule has 0 bridgehead atoms. The van der Waals surface area contributed by atoms with Crippen LogP contribution in [0.2, 0.25) is 0 Å². The monoisotopic (exact) mass is 553 g/mol. The van der Waals surface area contributed by atoms with Gasteiger partial charge >= 0.3 is 0 Å². The van der Waals surface area contributed by atoms with Crippen LogP contribution < -0.4 is 5.32 Å². The normalized spacial score (nSPS) is 24.3. The Morgan fingerprint density at radius 3 is 2.72 bits per heavy atom. The summed E-state index contributed by atoms with van der Waals surface area (Å²) in [5.41, 5.74) is 1.43. The van der Waals surface area contributed by atoms with E-state index in [-0.39, 0.29) is 24.0 Å². The number of rotatable bonds is 7. The van der Waals surface area contributed by atoms with Crippen molar-refractivity contribution in [1.82, 2.24) is 20.0 Å². The number of halogens is 1. The van der Waals surface area contributed by atoms with Crippen LogP contribution in [0.25, 0.3) is 0 Å². The van der Waals surface area contributed by atoms with Crippen molar-refractivity contribution in [3.05, 3.63) is 35.9 Å². The molecule has 0 aromatic heterocycles. The second-order valence-electron chi connectivity index (χ2n) is 9.23. The van der Waals surface area contributed by atoms with Crippen molar-refractivity contribution in [2.45, 2.75) is 58.0 Å². The molecular formula is C25H40IN5O. The zero-order valence-electron chi connectivity index (χ0n) is 19.5. The number of nitrogens with one attached hydrogen (secondary N) is 1. The number of aliphatic imine (C=N–C) groups is 1. The molecule has 1 aromatic carbocycles. The molecule has 4 rings (SSSR count). The maximum Gasteiger partial charge on any atom is 0.222 e. The fourth-order valence-corrected chi connectivity index (χ4v) is 5.53. The van der Waals surface area contributed by atoms with Crippen molar-refractivity contribution in [2.24, 2.45) is 10.9 Å². The van der Waals surface area contributed by atoms with Gasteiger partial charge in [-0.3, -0.25) is 14.7 Å². The summed E-state index contributed by atoms with van der Waals surface area (Å²) in [6.45, 7) is 10.1. The largest absolute Gasteiger partial charge is 0.357 e. The average molecular weight is 554 g/mol. The highest BCUT2D eigenvalue weighted by Crippen LogP contribution is 2.31. The van der Waals surface area contributed by atoms with Crippen LogP contribution in [0.1, 0.15) is 51.0 Å². The van der Waals surface area contributed by atoms with Gasteiger partial charge in [0.25, 0.3) is 0 Å². The minimum absolute atomic E-state index is 0. The number of fused-ring (bicyclic) bond motifs is 1. The molecule has 2 atom stereocenters. The molecule has 3 aliphatic rings. The van der Waals surface area contributed by atoms with Gasteiger partial charge in [-0.05, 0) is 57.1 Å². The zero-order chi connectivity index (χ0) is 21.5. The molecule has 0 aliphatic carbocycles. The standard InChI is InChI=1S/C25H39N5O.HI/c1-2-26-25(27-14-8-17-28-15-7-12-24(28)31)30-18-13-23-22(20-30)11-6-16-29(23)19-21-9-4-3-5-10-21;/h3-5,9-10,22-23H,2,6-8,11-20H2,1H3,(H,26,27);1H. The number of hydrogen-bond acceptors (Lipinski definition) is 3. The maximum absolute atomic E-state index is 11.8. The molecule has 1 aromatic rings. The lowest BCUT2D eigenvalue weighted by Crippen LogP contribution is -2.56. The topological polar surface area (TPSA) is 51.2 Å². The van der Waals surface area contributed by atoms with Crippen molar-refractivity contribution in [3.63, 3.8) is 0 Å². The fraction of sp³-hybridized carbons (Fsp3) is 0.680. The molecule has 3 saturated heterocycles. The van der Waals surface area contributed by atoms with Crippen molar-refractivity contribution >= 4 is 35.8 Å². The van der Waals surface area contributed by atoms with E-state index in [4.69, 9.17) is 4.99 Å². The molecule has 0 saturated carbocycles. The van der Waals surface area contributed by atoms with Gasteiger partial charge < -0.3 is 15.1 Å². The lowest BCUT2D eigenvalue weighted by atomic mass is 9.83. The molecule has 178 valence electrons. The number of amides is 1. The van der Waals surface area contributed by atoms with Crippen LogP contribution in [-0.4, -0.2) is 78.4 Å². The molecule has 3 fully saturated rings. The zero-order valence-corrected chi connectivity index (χ0v) is 21.9. The highest BCUT2D eigenvalue weighted by atomic mass is 127. The number of guanidine groups is 1. The highest BCUT2D eigenvalue weighted by molar-refractivity contribution is 14.0. The molecule has 0 spiro atoms. The summed E-state index contributed by atoms with van der Waals surface area (Å²) >= 11 is 0. The molecule has 3 aliphatic heterocycles. The number of carbonyl (C=O) groups excluding carboxylic acids is 1. The van der Waals surface area contributed by atoms with Gasteiger partial charge in [-0.15, -0.1) is 24.0 Å². The molecule has 32 heavy (non-hydrogen) atoms. The Labute approximate surface area is 210 Å². The lowest BCUT2D eigenvalue weighted by molar-refractivity contribution is -0.127. The number of hydrogen-bond donors (Lipinski definition) is 1. The van der Waals surface area contributed by atoms with Gasteiger partial charge in [0.05, 0.1) is 0 Å². The van der Waals surface area contributed by atoms with Crippen LogP contribution in [0, 0.1) is 5.92 Å². The Bertz CT molecular complexity index is 743. The molecule has 3 heterocycles. The van der Waals surface area contributed by atoms with Crippen LogP contribution in [0.5, 0.6) is 0 Å². The maximum atomic E-state index is 11.8. The van der Waals surface area contributed by atoms with Crippen LogP contribution in [0.3, 0.4) is 0 Å². The van der Waals surface area contributed by atoms with E-state index in [2.05, 4.69) is 52.4 Å². The number of nitrogens with zero attached hydrogens (tertiary/aromatic N) is 4. The third-order valence-electron chi connectivity index (χ3n) is 7.07. The average Bonchev–Trinajstić information content (AvgIpc) is 3.21. The predicted molar refractivity (Wildman–Crippen MR) is 141 cm³/mol. The van der Waals surface area contributed by atoms with Crippen LogP contribution in [-0.2, 0) is 11.3 Å². The molecule has 2 unspecified atom stereocenters. The first-order chi connectivity index (χ1) is 15.2. The van der Waals surface area contributed by atoms with E-state index in [1.165, 1.54) is 31.4 Å². The van der Waals surface area contributed by atoms with Gasteiger partial charge in [-0.2, -0.15) is 0 Å². The van der Waals surface area contributed by atoms with Crippen LogP contribution in [0.15, 0.2) is 35.3 Å². The summed E-state index contributed by atoms with van der Waals surface area (Å²) in [5, 5.41) is 3.52. The Morgan fingerprint density at radius 2 is 1.97 bits per heavy atom. The summed E-state index contributed by atoms with van der Waals surface area (Å²) in [4.78, 5) is 23.9. The number of carbonyl (C=O) groups is 1. The number of benzene rings is 1. The van der Waals surface area contributed by atoms with Gasteiger partial charge in [0.1, 0.15) is 0 Å². The molecule has 1 N–H and O–H groups in total. The van der Waals surface area contributed by atoms with Crippen molar-refractivity contribution in [2.75, 3.05) is 45.8 Å². The molecule has 0 radical (unpaired) electrons. The van der Waals surface area contributed by atoms with E-state index in [0.717, 1.165) is 77.0 Å². The minimum Gasteiger partial charge on any atom is -0.357 e. The van der Waals surface area contributed by atoms with Gasteiger partial charge in [-0.25, -0.2) is 0 Å². The van der Waals surface area contributed by atoms with Crippen molar-refractivity contribution < 1.29 is 4.79 Å². The Hall–Kier alpha value is -1.35. The van der Waals surface area contributed by atoms with E-state index < -0.39 is 0 Å². The summed E-state index contributed by atoms with van der Waals surface area (Å²) in [5.74, 6) is 2.10. The van der Waals surface area contributed by atoms with E-state index in [1.807, 2.05) is 4.90 Å². The predicted octanol–water partition coefficient (Wildman–Crippen LogP) is 3.57. The smallest absolute Gasteiger partial charge is 0.222 e. The number of piperidine rings is 2. The summed E-state index contributed by atoms with van der Waals surface area (Å²) in [6.07, 6.45) is 6.52. The van der Waals surface area contributed by atoms with E-state index in [1.54, 1.807) is 0 Å². The minimum atomic E-state index is 0. The van der Waals surface area contributed by atoms with Crippen LogP contribution >= 0.6 is 24.0 Å². The second kappa shape index (κ2) is 12.8. The lowest BCUT2D eigenvalue weighted by Gasteiger charge is -2.48. The Morgan fingerprint density at radius 1 is 1.12 bits per heavy atom. The molecule has 1 amide bonds. The Kier molecular flexibility index (Phi) is 10.1. The molecule has 6 nitrogen and oxygen atoms in total. The summed E-state index contributed by atoms with van der Waals surface area (Å²) in [7, 11) is 0. The van der Waals surface area contributed by atoms with E-state index >= 15 is 0 Å². The highest BCUT2D eigenvalue weighted by Gasteiger charge is 2.36. The first-order valence-electron chi connectivity index (χ1n) is 12.3. The first-order valence-corrected chi connectivity index (χ1v) is 12.3. The van der Waals surface area contributed by atoms with Gasteiger partial charge in [0, 0.05) is 58.3 Å². The fourth-order valence-electron chi connectivity index (χ4n) is 5.53. The first kappa shape index (κ1) is 25.3. The van der Waals surface area contributed by atoms with Crippen LogP contribution in [0.4, 0.5) is 0 Å². The van der Waals surface area contributed by atoms with Gasteiger partial charge in [0.15, 0.2) is 5.96 Å². The van der Waals surface area contributed by atoms with E-state index in [9.17, 15) is 4.79 Å². The third kappa shape index (κ3) is 6.59. The van der Waals surface area contributed by atoms with Gasteiger partial charge in [-0.1, -0.05) is 30.3 Å². The summed E-state index contributed by atoms with van der Waals surface area (Å²) < 4.78 is 0.